The summed E-state index contributed by atoms with van der Waals surface area (Å²) >= 11 is 4.92. The minimum atomic E-state index is -0.300. The number of thiocarbonyl (C=S) groups is 1. The Hall–Kier alpha value is -0.640. The molecule has 0 bridgehead atoms. The number of hydrogen-bond donors (Lipinski definition) is 2. The molecular formula is C13H24N2OS. The maximum Gasteiger partial charge on any atom is 0.230 e. The minimum absolute atomic E-state index is 0.0135. The molecule has 1 saturated carbocycles. The van der Waals surface area contributed by atoms with Crippen molar-refractivity contribution in [1.29, 1.82) is 0 Å². The summed E-state index contributed by atoms with van der Waals surface area (Å²) in [5.41, 5.74) is 5.58. The van der Waals surface area contributed by atoms with E-state index >= 15 is 0 Å². The predicted octanol–water partition coefficient (Wildman–Crippen LogP) is 2.38. The lowest BCUT2D eigenvalue weighted by atomic mass is 10.0. The number of nitrogens with one attached hydrogen (secondary N) is 1. The van der Waals surface area contributed by atoms with Crippen molar-refractivity contribution in [2.24, 2.45) is 17.6 Å². The van der Waals surface area contributed by atoms with Gasteiger partial charge in [-0.15, -0.1) is 0 Å². The monoisotopic (exact) mass is 256 g/mol. The first kappa shape index (κ1) is 14.4. The maximum absolute atomic E-state index is 12.0. The Labute approximate surface area is 110 Å². The number of carbonyl (C=O) groups is 1. The Kier molecular flexibility index (Phi) is 5.89. The zero-order chi connectivity index (χ0) is 12.8. The van der Waals surface area contributed by atoms with Crippen LogP contribution in [0.5, 0.6) is 0 Å². The van der Waals surface area contributed by atoms with Crippen molar-refractivity contribution in [2.75, 3.05) is 0 Å². The Morgan fingerprint density at radius 3 is 2.71 bits per heavy atom. The Bertz CT molecular complexity index is 281. The van der Waals surface area contributed by atoms with Crippen LogP contribution < -0.4 is 11.1 Å². The van der Waals surface area contributed by atoms with E-state index in [1.807, 2.05) is 6.92 Å². The quantitative estimate of drug-likeness (QED) is 0.600. The molecule has 0 aromatic carbocycles. The molecule has 0 aromatic heterocycles. The summed E-state index contributed by atoms with van der Waals surface area (Å²) in [6, 6.07) is 0.316. The molecule has 0 aliphatic heterocycles. The van der Waals surface area contributed by atoms with Crippen molar-refractivity contribution in [3.63, 3.8) is 0 Å². The molecule has 1 fully saturated rings. The standard InChI is InChI=1S/C13H24N2OS/c1-3-11(12(14)17)13(16)15-10-6-4-5-9(2)7-8-10/h9-11H,3-8H2,1-2H3,(H2,14,17)(H,15,16). The first-order valence-electron chi connectivity index (χ1n) is 6.64. The van der Waals surface area contributed by atoms with Gasteiger partial charge >= 0.3 is 0 Å². The molecule has 1 aliphatic rings. The van der Waals surface area contributed by atoms with E-state index in [1.54, 1.807) is 0 Å². The van der Waals surface area contributed by atoms with Crippen molar-refractivity contribution in [3.05, 3.63) is 0 Å². The van der Waals surface area contributed by atoms with Gasteiger partial charge in [0.25, 0.3) is 0 Å². The van der Waals surface area contributed by atoms with Gasteiger partial charge in [0.1, 0.15) is 0 Å². The van der Waals surface area contributed by atoms with E-state index < -0.39 is 0 Å². The summed E-state index contributed by atoms with van der Waals surface area (Å²) in [7, 11) is 0. The lowest BCUT2D eigenvalue weighted by Crippen LogP contribution is -2.42. The van der Waals surface area contributed by atoms with Gasteiger partial charge in [-0.05, 0) is 31.6 Å². The zero-order valence-corrected chi connectivity index (χ0v) is 11.7. The molecule has 0 aromatic rings. The first-order chi connectivity index (χ1) is 8.04. The molecule has 3 N–H and O–H groups in total. The van der Waals surface area contributed by atoms with Crippen LogP contribution in [-0.2, 0) is 4.79 Å². The van der Waals surface area contributed by atoms with E-state index in [2.05, 4.69) is 12.2 Å². The fourth-order valence-electron chi connectivity index (χ4n) is 2.45. The van der Waals surface area contributed by atoms with Crippen LogP contribution in [-0.4, -0.2) is 16.9 Å². The van der Waals surface area contributed by atoms with Gasteiger partial charge in [0, 0.05) is 6.04 Å². The van der Waals surface area contributed by atoms with E-state index in [9.17, 15) is 4.79 Å². The smallest absolute Gasteiger partial charge is 0.230 e. The van der Waals surface area contributed by atoms with E-state index in [-0.39, 0.29) is 11.8 Å². The zero-order valence-electron chi connectivity index (χ0n) is 10.9. The molecule has 98 valence electrons. The van der Waals surface area contributed by atoms with Gasteiger partial charge in [-0.3, -0.25) is 4.79 Å². The number of nitrogens with two attached hydrogens (primary N) is 1. The van der Waals surface area contributed by atoms with Crippen molar-refractivity contribution >= 4 is 23.1 Å². The second kappa shape index (κ2) is 6.94. The normalized spacial score (nSPS) is 26.9. The van der Waals surface area contributed by atoms with Crippen LogP contribution >= 0.6 is 12.2 Å². The van der Waals surface area contributed by atoms with Crippen molar-refractivity contribution in [3.8, 4) is 0 Å². The summed E-state index contributed by atoms with van der Waals surface area (Å²) in [5.74, 6) is 0.500. The molecular weight excluding hydrogens is 232 g/mol. The third-order valence-electron chi connectivity index (χ3n) is 3.67. The summed E-state index contributed by atoms with van der Waals surface area (Å²) < 4.78 is 0. The molecule has 1 aliphatic carbocycles. The Balaban J connectivity index is 2.47. The molecule has 0 saturated heterocycles. The second-order valence-corrected chi connectivity index (χ2v) is 5.65. The topological polar surface area (TPSA) is 55.1 Å². The second-order valence-electron chi connectivity index (χ2n) is 5.18. The highest BCUT2D eigenvalue weighted by Gasteiger charge is 2.23. The highest BCUT2D eigenvalue weighted by atomic mass is 32.1. The van der Waals surface area contributed by atoms with E-state index in [0.717, 1.165) is 18.8 Å². The lowest BCUT2D eigenvalue weighted by Gasteiger charge is -2.20. The van der Waals surface area contributed by atoms with Gasteiger partial charge in [0.15, 0.2) is 0 Å². The number of hydrogen-bond acceptors (Lipinski definition) is 2. The number of rotatable bonds is 4. The van der Waals surface area contributed by atoms with Crippen LogP contribution in [0.4, 0.5) is 0 Å². The molecule has 3 unspecified atom stereocenters. The lowest BCUT2D eigenvalue weighted by molar-refractivity contribution is -0.123. The maximum atomic E-state index is 12.0. The molecule has 3 nitrogen and oxygen atoms in total. The van der Waals surface area contributed by atoms with Crippen LogP contribution in [0.1, 0.15) is 52.4 Å². The highest BCUT2D eigenvalue weighted by Crippen LogP contribution is 2.22. The van der Waals surface area contributed by atoms with E-state index in [1.165, 1.54) is 19.3 Å². The molecule has 1 rings (SSSR count). The first-order valence-corrected chi connectivity index (χ1v) is 7.05. The van der Waals surface area contributed by atoms with Gasteiger partial charge in [-0.25, -0.2) is 0 Å². The third-order valence-corrected chi connectivity index (χ3v) is 3.96. The summed E-state index contributed by atoms with van der Waals surface area (Å²) in [4.78, 5) is 12.3. The predicted molar refractivity (Wildman–Crippen MR) is 74.7 cm³/mol. The van der Waals surface area contributed by atoms with Gasteiger partial charge in [-0.2, -0.15) is 0 Å². The number of amides is 1. The summed E-state index contributed by atoms with van der Waals surface area (Å²) in [6.07, 6.45) is 6.54. The molecule has 0 radical (unpaired) electrons. The molecule has 4 heteroatoms. The van der Waals surface area contributed by atoms with Crippen LogP contribution in [0.15, 0.2) is 0 Å². The summed E-state index contributed by atoms with van der Waals surface area (Å²) in [5, 5.41) is 3.11. The van der Waals surface area contributed by atoms with Crippen molar-refractivity contribution in [2.45, 2.75) is 58.4 Å². The van der Waals surface area contributed by atoms with Crippen LogP contribution in [0.2, 0.25) is 0 Å². The molecule has 0 spiro atoms. The van der Waals surface area contributed by atoms with Gasteiger partial charge < -0.3 is 11.1 Å². The largest absolute Gasteiger partial charge is 0.393 e. The van der Waals surface area contributed by atoms with Crippen molar-refractivity contribution < 1.29 is 4.79 Å². The third kappa shape index (κ3) is 4.62. The average molecular weight is 256 g/mol. The van der Waals surface area contributed by atoms with Crippen LogP contribution in [0, 0.1) is 11.8 Å². The van der Waals surface area contributed by atoms with Gasteiger partial charge in [0.05, 0.1) is 10.9 Å². The minimum Gasteiger partial charge on any atom is -0.393 e. The number of carbonyl (C=O) groups excluding carboxylic acids is 1. The molecule has 17 heavy (non-hydrogen) atoms. The van der Waals surface area contributed by atoms with E-state index in [0.29, 0.717) is 17.5 Å². The SMILES string of the molecule is CCC(C(=O)NC1CCCC(C)CC1)C(N)=S. The molecule has 0 heterocycles. The molecule has 1 amide bonds. The Morgan fingerprint density at radius 2 is 2.12 bits per heavy atom. The van der Waals surface area contributed by atoms with Gasteiger partial charge in [0.2, 0.25) is 5.91 Å². The van der Waals surface area contributed by atoms with E-state index in [4.69, 9.17) is 18.0 Å². The van der Waals surface area contributed by atoms with Crippen LogP contribution in [0.25, 0.3) is 0 Å². The van der Waals surface area contributed by atoms with Gasteiger partial charge in [-0.1, -0.05) is 38.9 Å². The molecule has 3 atom stereocenters. The van der Waals surface area contributed by atoms with Crippen LogP contribution in [0.3, 0.4) is 0 Å². The fourth-order valence-corrected chi connectivity index (χ4v) is 2.72. The highest BCUT2D eigenvalue weighted by molar-refractivity contribution is 7.80. The fraction of sp³-hybridized carbons (Fsp3) is 0.846. The Morgan fingerprint density at radius 1 is 1.41 bits per heavy atom. The van der Waals surface area contributed by atoms with Crippen molar-refractivity contribution in [1.82, 2.24) is 5.32 Å². The summed E-state index contributed by atoms with van der Waals surface area (Å²) in [6.45, 7) is 4.23. The average Bonchev–Trinajstić information content (AvgIpc) is 2.44.